The molecule has 1 aromatic heterocycles. The third kappa shape index (κ3) is 2.11. The number of aldehydes is 1. The second-order valence-corrected chi connectivity index (χ2v) is 1.84. The minimum absolute atomic E-state index is 0.488. The second kappa shape index (κ2) is 3.37. The van der Waals surface area contributed by atoms with Crippen LogP contribution in [0.3, 0.4) is 0 Å². The molecule has 3 nitrogen and oxygen atoms in total. The number of aromatic nitrogens is 1. The van der Waals surface area contributed by atoms with Gasteiger partial charge >= 0.3 is 0 Å². The van der Waals surface area contributed by atoms with Gasteiger partial charge in [-0.15, -0.1) is 0 Å². The molecule has 0 atom stereocenters. The van der Waals surface area contributed by atoms with Crippen LogP contribution in [0.5, 0.6) is 0 Å². The van der Waals surface area contributed by atoms with Crippen LogP contribution in [0.2, 0.25) is 0 Å². The van der Waals surface area contributed by atoms with Crippen molar-refractivity contribution >= 4 is 6.29 Å². The van der Waals surface area contributed by atoms with Gasteiger partial charge in [-0.2, -0.15) is 4.73 Å². The third-order valence-corrected chi connectivity index (χ3v) is 1.05. The Kier molecular flexibility index (Phi) is 2.24. The summed E-state index contributed by atoms with van der Waals surface area (Å²) in [5.74, 6) is 4.71. The topological polar surface area (TPSA) is 44.0 Å². The van der Waals surface area contributed by atoms with Gasteiger partial charge < -0.3 is 5.21 Å². The first-order chi connectivity index (χ1) is 5.33. The van der Waals surface area contributed by atoms with Gasteiger partial charge in [0.15, 0.2) is 18.7 Å². The van der Waals surface area contributed by atoms with Gasteiger partial charge in [0.1, 0.15) is 0 Å². The van der Waals surface area contributed by atoms with Crippen molar-refractivity contribution in [3.63, 3.8) is 0 Å². The monoisotopic (exact) mass is 147 g/mol. The first-order valence-electron chi connectivity index (χ1n) is 2.97. The smallest absolute Gasteiger partial charge is 0.196 e. The van der Waals surface area contributed by atoms with E-state index in [2.05, 4.69) is 11.8 Å². The lowest BCUT2D eigenvalue weighted by Gasteiger charge is -1.92. The highest BCUT2D eigenvalue weighted by molar-refractivity contribution is 5.73. The molecule has 0 saturated carbocycles. The zero-order valence-corrected chi connectivity index (χ0v) is 5.65. The number of nitrogens with zero attached hydrogens (tertiary/aromatic N) is 1. The van der Waals surface area contributed by atoms with Crippen molar-refractivity contribution in [2.24, 2.45) is 0 Å². The van der Waals surface area contributed by atoms with Crippen LogP contribution in [0.4, 0.5) is 0 Å². The van der Waals surface area contributed by atoms with Crippen LogP contribution in [0.1, 0.15) is 5.56 Å². The van der Waals surface area contributed by atoms with E-state index < -0.39 is 0 Å². The van der Waals surface area contributed by atoms with Crippen molar-refractivity contribution in [2.75, 3.05) is 0 Å². The Morgan fingerprint density at radius 3 is 3.09 bits per heavy atom. The van der Waals surface area contributed by atoms with E-state index in [0.29, 0.717) is 16.6 Å². The van der Waals surface area contributed by atoms with Gasteiger partial charge in [-0.05, 0) is 12.0 Å². The van der Waals surface area contributed by atoms with Crippen LogP contribution in [0, 0.1) is 17.0 Å². The number of pyridine rings is 1. The predicted molar refractivity (Wildman–Crippen MR) is 38.3 cm³/mol. The summed E-state index contributed by atoms with van der Waals surface area (Å²) in [5.41, 5.74) is 0.537. The lowest BCUT2D eigenvalue weighted by atomic mass is 10.3. The van der Waals surface area contributed by atoms with E-state index in [0.717, 1.165) is 0 Å². The first kappa shape index (κ1) is 7.29. The summed E-state index contributed by atoms with van der Waals surface area (Å²) in [5, 5.41) is 10.6. The normalized spacial score (nSPS) is 8.00. The molecule has 0 amide bonds. The molecule has 0 aliphatic rings. The molecule has 0 unspecified atom stereocenters. The Labute approximate surface area is 63.9 Å². The molecular formula is C8H5NO2. The molecule has 0 radical (unpaired) electrons. The number of rotatable bonds is 0. The average molecular weight is 147 g/mol. The number of hydrogen-bond donors (Lipinski definition) is 0. The largest absolute Gasteiger partial charge is 0.619 e. The molecule has 3 heteroatoms. The van der Waals surface area contributed by atoms with E-state index in [9.17, 15) is 10.0 Å². The third-order valence-electron chi connectivity index (χ3n) is 1.05. The fourth-order valence-electron chi connectivity index (χ4n) is 0.641. The molecule has 54 valence electrons. The summed E-state index contributed by atoms with van der Waals surface area (Å²) in [6.07, 6.45) is 3.14. The molecule has 0 aliphatic carbocycles. The van der Waals surface area contributed by atoms with Gasteiger partial charge in [-0.3, -0.25) is 4.79 Å². The number of carbonyl (C=O) groups excluding carboxylic acids is 1. The molecule has 1 rings (SSSR count). The Balaban J connectivity index is 2.96. The molecule has 11 heavy (non-hydrogen) atoms. The van der Waals surface area contributed by atoms with E-state index in [1.165, 1.54) is 12.4 Å². The highest BCUT2D eigenvalue weighted by Crippen LogP contribution is 1.88. The summed E-state index contributed by atoms with van der Waals surface area (Å²) in [7, 11) is 0. The minimum atomic E-state index is 0.488. The van der Waals surface area contributed by atoms with Crippen molar-refractivity contribution in [1.29, 1.82) is 0 Å². The van der Waals surface area contributed by atoms with Gasteiger partial charge in [-0.1, -0.05) is 5.92 Å². The molecule has 0 aromatic carbocycles. The SMILES string of the molecule is O=CC#Cc1ccc[n+]([O-])c1. The van der Waals surface area contributed by atoms with E-state index >= 15 is 0 Å². The van der Waals surface area contributed by atoms with E-state index in [4.69, 9.17) is 0 Å². The lowest BCUT2D eigenvalue weighted by Crippen LogP contribution is -2.24. The molecule has 0 spiro atoms. The van der Waals surface area contributed by atoms with Crippen molar-refractivity contribution in [3.05, 3.63) is 35.3 Å². The van der Waals surface area contributed by atoms with Crippen LogP contribution in [-0.2, 0) is 4.79 Å². The van der Waals surface area contributed by atoms with Gasteiger partial charge in [0.25, 0.3) is 0 Å². The van der Waals surface area contributed by atoms with E-state index in [1.54, 1.807) is 12.1 Å². The lowest BCUT2D eigenvalue weighted by molar-refractivity contribution is -0.605. The van der Waals surface area contributed by atoms with Crippen molar-refractivity contribution in [1.82, 2.24) is 0 Å². The van der Waals surface area contributed by atoms with E-state index in [1.807, 2.05) is 0 Å². The number of carbonyl (C=O) groups is 1. The van der Waals surface area contributed by atoms with Gasteiger partial charge in [0.05, 0.1) is 5.56 Å². The Hall–Kier alpha value is -1.82. The molecule has 1 aromatic rings. The molecular weight excluding hydrogens is 142 g/mol. The molecule has 0 aliphatic heterocycles. The maximum atomic E-state index is 10.6. The van der Waals surface area contributed by atoms with Gasteiger partial charge in [0.2, 0.25) is 0 Å². The maximum Gasteiger partial charge on any atom is 0.196 e. The fourth-order valence-corrected chi connectivity index (χ4v) is 0.641. The summed E-state index contributed by atoms with van der Waals surface area (Å²) >= 11 is 0. The number of hydrogen-bond acceptors (Lipinski definition) is 2. The first-order valence-corrected chi connectivity index (χ1v) is 2.97. The van der Waals surface area contributed by atoms with Gasteiger partial charge in [0, 0.05) is 6.07 Å². The molecule has 1 heterocycles. The quantitative estimate of drug-likeness (QED) is 0.222. The van der Waals surface area contributed by atoms with Crippen LogP contribution in [0.15, 0.2) is 24.5 Å². The highest BCUT2D eigenvalue weighted by atomic mass is 16.5. The fraction of sp³-hybridized carbons (Fsp3) is 0. The zero-order chi connectivity index (χ0) is 8.10. The van der Waals surface area contributed by atoms with Crippen molar-refractivity contribution in [3.8, 4) is 11.8 Å². The Morgan fingerprint density at radius 2 is 2.45 bits per heavy atom. The summed E-state index contributed by atoms with van der Waals surface area (Å²) in [6, 6.07) is 3.23. The Morgan fingerprint density at radius 1 is 1.64 bits per heavy atom. The van der Waals surface area contributed by atoms with Crippen molar-refractivity contribution < 1.29 is 9.52 Å². The second-order valence-electron chi connectivity index (χ2n) is 1.84. The molecule has 0 saturated heterocycles. The van der Waals surface area contributed by atoms with Crippen LogP contribution >= 0.6 is 0 Å². The predicted octanol–water partition coefficient (Wildman–Crippen LogP) is -0.130. The Bertz CT molecular complexity index is 322. The van der Waals surface area contributed by atoms with E-state index in [-0.39, 0.29) is 0 Å². The standard InChI is InChI=1S/C8H5NO2/c10-6-2-4-8-3-1-5-9(11)7-8/h1,3,5-7H. The van der Waals surface area contributed by atoms with Crippen molar-refractivity contribution in [2.45, 2.75) is 0 Å². The molecule has 0 bridgehead atoms. The van der Waals surface area contributed by atoms with Gasteiger partial charge in [-0.25, -0.2) is 0 Å². The maximum absolute atomic E-state index is 10.6. The summed E-state index contributed by atoms with van der Waals surface area (Å²) in [6.45, 7) is 0. The van der Waals surface area contributed by atoms with Crippen LogP contribution < -0.4 is 4.73 Å². The molecule has 0 N–H and O–H groups in total. The summed E-state index contributed by atoms with van der Waals surface area (Å²) in [4.78, 5) is 9.80. The average Bonchev–Trinajstić information content (AvgIpc) is 2.01. The summed E-state index contributed by atoms with van der Waals surface area (Å²) < 4.78 is 0.634. The van der Waals surface area contributed by atoms with Crippen LogP contribution in [0.25, 0.3) is 0 Å². The molecule has 0 fully saturated rings. The zero-order valence-electron chi connectivity index (χ0n) is 5.65. The van der Waals surface area contributed by atoms with Crippen LogP contribution in [-0.4, -0.2) is 6.29 Å². The minimum Gasteiger partial charge on any atom is -0.619 e. The highest BCUT2D eigenvalue weighted by Gasteiger charge is 1.89.